The maximum atomic E-state index is 11.9. The largest absolute Gasteiger partial charge is 0.323 e. The van der Waals surface area contributed by atoms with E-state index in [9.17, 15) is 4.79 Å². The van der Waals surface area contributed by atoms with Gasteiger partial charge in [-0.1, -0.05) is 44.5 Å². The van der Waals surface area contributed by atoms with E-state index in [1.807, 2.05) is 36.4 Å². The Morgan fingerprint density at radius 3 is 1.71 bits per heavy atom. The Bertz CT molecular complexity index is 573. The SMILES string of the molecule is CCCc1ccc(NC(=O)Nc2ccc(CC)cc2)cc1. The number of aryl methyl sites for hydroxylation is 2. The second kappa shape index (κ2) is 7.48. The van der Waals surface area contributed by atoms with Crippen molar-refractivity contribution < 1.29 is 4.79 Å². The molecule has 0 radical (unpaired) electrons. The molecule has 2 N–H and O–H groups in total. The molecular weight excluding hydrogens is 260 g/mol. The summed E-state index contributed by atoms with van der Waals surface area (Å²) in [6.07, 6.45) is 3.19. The Kier molecular flexibility index (Phi) is 5.38. The van der Waals surface area contributed by atoms with Gasteiger partial charge in [-0.15, -0.1) is 0 Å². The van der Waals surface area contributed by atoms with Crippen LogP contribution in [0.15, 0.2) is 48.5 Å². The topological polar surface area (TPSA) is 41.1 Å². The van der Waals surface area contributed by atoms with Crippen molar-refractivity contribution in [2.24, 2.45) is 0 Å². The summed E-state index contributed by atoms with van der Waals surface area (Å²) in [5, 5.41) is 5.67. The monoisotopic (exact) mass is 282 g/mol. The number of benzene rings is 2. The zero-order valence-electron chi connectivity index (χ0n) is 12.6. The highest BCUT2D eigenvalue weighted by atomic mass is 16.2. The number of hydrogen-bond donors (Lipinski definition) is 2. The summed E-state index contributed by atoms with van der Waals surface area (Å²) >= 11 is 0. The van der Waals surface area contributed by atoms with Gasteiger partial charge in [-0.2, -0.15) is 0 Å². The number of urea groups is 1. The van der Waals surface area contributed by atoms with Gasteiger partial charge in [-0.05, 0) is 48.2 Å². The normalized spacial score (nSPS) is 10.2. The van der Waals surface area contributed by atoms with Gasteiger partial charge in [0, 0.05) is 11.4 Å². The molecule has 0 aliphatic carbocycles. The first-order chi connectivity index (χ1) is 10.2. The minimum atomic E-state index is -0.220. The van der Waals surface area contributed by atoms with Crippen LogP contribution in [0, 0.1) is 0 Å². The first kappa shape index (κ1) is 15.1. The van der Waals surface area contributed by atoms with Crippen molar-refractivity contribution in [3.8, 4) is 0 Å². The predicted octanol–water partition coefficient (Wildman–Crippen LogP) is 4.85. The third kappa shape index (κ3) is 4.63. The van der Waals surface area contributed by atoms with Crippen molar-refractivity contribution in [3.63, 3.8) is 0 Å². The molecule has 0 saturated heterocycles. The van der Waals surface area contributed by atoms with Crippen LogP contribution >= 0.6 is 0 Å². The Hall–Kier alpha value is -2.29. The van der Waals surface area contributed by atoms with Crippen molar-refractivity contribution in [2.45, 2.75) is 33.1 Å². The van der Waals surface area contributed by atoms with E-state index < -0.39 is 0 Å². The van der Waals surface area contributed by atoms with Gasteiger partial charge in [-0.25, -0.2) is 4.79 Å². The fourth-order valence-corrected chi connectivity index (χ4v) is 2.16. The molecule has 0 bridgehead atoms. The van der Waals surface area contributed by atoms with Crippen LogP contribution in [0.3, 0.4) is 0 Å². The smallest absolute Gasteiger partial charge is 0.308 e. The minimum Gasteiger partial charge on any atom is -0.308 e. The van der Waals surface area contributed by atoms with Gasteiger partial charge < -0.3 is 10.6 Å². The summed E-state index contributed by atoms with van der Waals surface area (Å²) in [5.74, 6) is 0. The van der Waals surface area contributed by atoms with Crippen LogP contribution < -0.4 is 10.6 Å². The van der Waals surface area contributed by atoms with Gasteiger partial charge >= 0.3 is 6.03 Å². The molecular formula is C18H22N2O. The molecule has 3 nitrogen and oxygen atoms in total. The zero-order chi connectivity index (χ0) is 15.1. The molecule has 0 heterocycles. The molecule has 0 aromatic heterocycles. The molecule has 3 heteroatoms. The Morgan fingerprint density at radius 2 is 1.29 bits per heavy atom. The molecule has 2 aromatic rings. The summed E-state index contributed by atoms with van der Waals surface area (Å²) in [6, 6.07) is 15.6. The Morgan fingerprint density at radius 1 is 0.810 bits per heavy atom. The summed E-state index contributed by atoms with van der Waals surface area (Å²) < 4.78 is 0. The maximum Gasteiger partial charge on any atom is 0.323 e. The predicted molar refractivity (Wildman–Crippen MR) is 88.9 cm³/mol. The highest BCUT2D eigenvalue weighted by Gasteiger charge is 2.02. The molecule has 0 aliphatic heterocycles. The highest BCUT2D eigenvalue weighted by molar-refractivity contribution is 5.99. The van der Waals surface area contributed by atoms with Crippen molar-refractivity contribution >= 4 is 17.4 Å². The van der Waals surface area contributed by atoms with Gasteiger partial charge in [0.15, 0.2) is 0 Å². The second-order valence-corrected chi connectivity index (χ2v) is 5.08. The molecule has 2 rings (SSSR count). The molecule has 0 unspecified atom stereocenters. The fraction of sp³-hybridized carbons (Fsp3) is 0.278. The van der Waals surface area contributed by atoms with Crippen molar-refractivity contribution in [3.05, 3.63) is 59.7 Å². The van der Waals surface area contributed by atoms with Crippen LogP contribution in [0.5, 0.6) is 0 Å². The quantitative estimate of drug-likeness (QED) is 0.809. The van der Waals surface area contributed by atoms with Crippen molar-refractivity contribution in [1.82, 2.24) is 0 Å². The second-order valence-electron chi connectivity index (χ2n) is 5.08. The van der Waals surface area contributed by atoms with E-state index in [-0.39, 0.29) is 6.03 Å². The lowest BCUT2D eigenvalue weighted by atomic mass is 10.1. The molecule has 0 fully saturated rings. The lowest BCUT2D eigenvalue weighted by molar-refractivity contribution is 0.262. The van der Waals surface area contributed by atoms with Crippen molar-refractivity contribution in [1.29, 1.82) is 0 Å². The lowest BCUT2D eigenvalue weighted by Crippen LogP contribution is -2.19. The number of carbonyl (C=O) groups excluding carboxylic acids is 1. The first-order valence-electron chi connectivity index (χ1n) is 7.47. The molecule has 2 aromatic carbocycles. The number of carbonyl (C=O) groups is 1. The maximum absolute atomic E-state index is 11.9. The van der Waals surface area contributed by atoms with Gasteiger partial charge in [0.25, 0.3) is 0 Å². The van der Waals surface area contributed by atoms with Gasteiger partial charge in [-0.3, -0.25) is 0 Å². The van der Waals surface area contributed by atoms with Crippen LogP contribution in [0.4, 0.5) is 16.2 Å². The van der Waals surface area contributed by atoms with Gasteiger partial charge in [0.1, 0.15) is 0 Å². The van der Waals surface area contributed by atoms with Gasteiger partial charge in [0.2, 0.25) is 0 Å². The molecule has 21 heavy (non-hydrogen) atoms. The third-order valence-electron chi connectivity index (χ3n) is 3.37. The molecule has 2 amide bonds. The molecule has 0 spiro atoms. The molecule has 0 saturated carbocycles. The number of nitrogens with one attached hydrogen (secondary N) is 2. The zero-order valence-corrected chi connectivity index (χ0v) is 12.6. The Labute approximate surface area is 126 Å². The standard InChI is InChI=1S/C18H22N2O/c1-3-5-15-8-12-17(13-9-15)20-18(21)19-16-10-6-14(4-2)7-11-16/h6-13H,3-5H2,1-2H3,(H2,19,20,21). The number of anilines is 2. The summed E-state index contributed by atoms with van der Waals surface area (Å²) in [4.78, 5) is 11.9. The van der Waals surface area contributed by atoms with Crippen LogP contribution in [0.1, 0.15) is 31.4 Å². The molecule has 0 aliphatic rings. The molecule has 0 atom stereocenters. The summed E-state index contributed by atoms with van der Waals surface area (Å²) in [6.45, 7) is 4.26. The fourth-order valence-electron chi connectivity index (χ4n) is 2.16. The van der Waals surface area contributed by atoms with Crippen LogP contribution in [0.2, 0.25) is 0 Å². The van der Waals surface area contributed by atoms with E-state index >= 15 is 0 Å². The summed E-state index contributed by atoms with van der Waals surface area (Å²) in [5.41, 5.74) is 4.15. The van der Waals surface area contributed by atoms with Crippen LogP contribution in [0.25, 0.3) is 0 Å². The highest BCUT2D eigenvalue weighted by Crippen LogP contribution is 2.13. The number of amides is 2. The average molecular weight is 282 g/mol. The van der Waals surface area contributed by atoms with E-state index in [0.29, 0.717) is 0 Å². The first-order valence-corrected chi connectivity index (χ1v) is 7.47. The minimum absolute atomic E-state index is 0.220. The van der Waals surface area contributed by atoms with E-state index in [1.165, 1.54) is 11.1 Å². The van der Waals surface area contributed by atoms with E-state index in [4.69, 9.17) is 0 Å². The Balaban J connectivity index is 1.91. The average Bonchev–Trinajstić information content (AvgIpc) is 2.50. The third-order valence-corrected chi connectivity index (χ3v) is 3.37. The van der Waals surface area contributed by atoms with Crippen molar-refractivity contribution in [2.75, 3.05) is 10.6 Å². The van der Waals surface area contributed by atoms with Crippen LogP contribution in [-0.2, 0) is 12.8 Å². The molecule has 110 valence electrons. The van der Waals surface area contributed by atoms with Gasteiger partial charge in [0.05, 0.1) is 0 Å². The van der Waals surface area contributed by atoms with Crippen LogP contribution in [-0.4, -0.2) is 6.03 Å². The number of hydrogen-bond acceptors (Lipinski definition) is 1. The lowest BCUT2D eigenvalue weighted by Gasteiger charge is -2.09. The van der Waals surface area contributed by atoms with E-state index in [0.717, 1.165) is 30.6 Å². The summed E-state index contributed by atoms with van der Waals surface area (Å²) in [7, 11) is 0. The number of rotatable bonds is 5. The van der Waals surface area contributed by atoms with E-state index in [2.05, 4.69) is 36.6 Å². The van der Waals surface area contributed by atoms with E-state index in [1.54, 1.807) is 0 Å².